The van der Waals surface area contributed by atoms with Crippen molar-refractivity contribution in [1.82, 2.24) is 15.0 Å². The zero-order valence-corrected chi connectivity index (χ0v) is 11.6. The van der Waals surface area contributed by atoms with Crippen LogP contribution < -0.4 is 22.5 Å². The van der Waals surface area contributed by atoms with E-state index in [1.54, 1.807) is 19.1 Å². The standard InChI is InChI=1S/C14H16N4O3/c1-9-7-18(14(21)16-13(9)20)8-11-4-2-10(3-5-11)6-12(19)17-15/h2-5,7H,6,8,15H2,1H3,(H,17,19)(H,16,20,21). The van der Waals surface area contributed by atoms with Gasteiger partial charge in [-0.15, -0.1) is 0 Å². The van der Waals surface area contributed by atoms with Gasteiger partial charge in [-0.1, -0.05) is 24.3 Å². The first kappa shape index (κ1) is 14.7. The number of aromatic nitrogens is 2. The number of rotatable bonds is 4. The summed E-state index contributed by atoms with van der Waals surface area (Å²) < 4.78 is 1.43. The number of amides is 1. The second-order valence-electron chi connectivity index (χ2n) is 4.76. The normalized spacial score (nSPS) is 10.4. The number of nitrogens with one attached hydrogen (secondary N) is 2. The number of hydrogen-bond donors (Lipinski definition) is 3. The SMILES string of the molecule is Cc1cn(Cc2ccc(CC(=O)NN)cc2)c(=O)[nH]c1=O. The molecule has 4 N–H and O–H groups in total. The third kappa shape index (κ3) is 3.67. The Morgan fingerprint density at radius 1 is 1.24 bits per heavy atom. The molecule has 0 aliphatic carbocycles. The average molecular weight is 288 g/mol. The monoisotopic (exact) mass is 288 g/mol. The summed E-state index contributed by atoms with van der Waals surface area (Å²) in [6.45, 7) is 1.99. The average Bonchev–Trinajstić information content (AvgIpc) is 2.46. The molecule has 0 unspecified atom stereocenters. The highest BCUT2D eigenvalue weighted by atomic mass is 16.2. The van der Waals surface area contributed by atoms with Gasteiger partial charge in [0.15, 0.2) is 0 Å². The molecular formula is C14H16N4O3. The molecule has 0 saturated carbocycles. The second kappa shape index (κ2) is 6.19. The van der Waals surface area contributed by atoms with Gasteiger partial charge in [0.2, 0.25) is 5.91 Å². The molecule has 110 valence electrons. The molecule has 0 bridgehead atoms. The first-order valence-electron chi connectivity index (χ1n) is 6.37. The predicted molar refractivity (Wildman–Crippen MR) is 77.6 cm³/mol. The van der Waals surface area contributed by atoms with Crippen molar-refractivity contribution < 1.29 is 4.79 Å². The van der Waals surface area contributed by atoms with Crippen LogP contribution in [0.4, 0.5) is 0 Å². The molecular weight excluding hydrogens is 272 g/mol. The maximum atomic E-state index is 11.7. The molecule has 1 heterocycles. The molecule has 0 aliphatic heterocycles. The smallest absolute Gasteiger partial charge is 0.296 e. The summed E-state index contributed by atoms with van der Waals surface area (Å²) in [7, 11) is 0. The van der Waals surface area contributed by atoms with Gasteiger partial charge in [-0.3, -0.25) is 24.6 Å². The Labute approximate surface area is 120 Å². The molecule has 1 amide bonds. The molecule has 0 spiro atoms. The van der Waals surface area contributed by atoms with Gasteiger partial charge in [0.25, 0.3) is 5.56 Å². The minimum atomic E-state index is -0.447. The van der Waals surface area contributed by atoms with E-state index in [-0.39, 0.29) is 17.9 Å². The number of carbonyl (C=O) groups is 1. The van der Waals surface area contributed by atoms with Crippen LogP contribution in [0.15, 0.2) is 40.1 Å². The quantitative estimate of drug-likeness (QED) is 0.397. The Bertz CT molecular complexity index is 759. The van der Waals surface area contributed by atoms with E-state index in [0.29, 0.717) is 12.1 Å². The largest absolute Gasteiger partial charge is 0.328 e. The molecule has 0 radical (unpaired) electrons. The number of nitrogens with zero attached hydrogens (tertiary/aromatic N) is 1. The minimum Gasteiger partial charge on any atom is -0.296 e. The van der Waals surface area contributed by atoms with Gasteiger partial charge < -0.3 is 0 Å². The minimum absolute atomic E-state index is 0.203. The van der Waals surface area contributed by atoms with Crippen LogP contribution in [0.3, 0.4) is 0 Å². The maximum absolute atomic E-state index is 11.7. The number of benzene rings is 1. The van der Waals surface area contributed by atoms with Gasteiger partial charge in [0, 0.05) is 11.8 Å². The molecule has 2 aromatic rings. The fourth-order valence-corrected chi connectivity index (χ4v) is 1.93. The molecule has 7 heteroatoms. The molecule has 2 rings (SSSR count). The third-order valence-electron chi connectivity index (χ3n) is 3.09. The van der Waals surface area contributed by atoms with E-state index in [0.717, 1.165) is 11.1 Å². The molecule has 21 heavy (non-hydrogen) atoms. The Morgan fingerprint density at radius 2 is 1.86 bits per heavy atom. The topological polar surface area (TPSA) is 110 Å². The van der Waals surface area contributed by atoms with Crippen molar-refractivity contribution in [3.63, 3.8) is 0 Å². The lowest BCUT2D eigenvalue weighted by Crippen LogP contribution is -2.31. The van der Waals surface area contributed by atoms with E-state index in [4.69, 9.17) is 5.84 Å². The number of nitrogens with two attached hydrogens (primary N) is 1. The summed E-state index contributed by atoms with van der Waals surface area (Å²) in [5, 5.41) is 0. The fourth-order valence-electron chi connectivity index (χ4n) is 1.93. The zero-order chi connectivity index (χ0) is 15.4. The van der Waals surface area contributed by atoms with Crippen molar-refractivity contribution in [3.8, 4) is 0 Å². The van der Waals surface area contributed by atoms with Crippen LogP contribution in [0.2, 0.25) is 0 Å². The van der Waals surface area contributed by atoms with E-state index in [1.807, 2.05) is 12.1 Å². The summed E-state index contributed by atoms with van der Waals surface area (Å²) in [5.74, 6) is 4.76. The van der Waals surface area contributed by atoms with Crippen LogP contribution in [-0.2, 0) is 17.8 Å². The van der Waals surface area contributed by atoms with Gasteiger partial charge in [0.05, 0.1) is 13.0 Å². The van der Waals surface area contributed by atoms with Crippen molar-refractivity contribution in [2.75, 3.05) is 0 Å². The number of aryl methyl sites for hydroxylation is 1. The highest BCUT2D eigenvalue weighted by Crippen LogP contribution is 2.06. The number of aromatic amines is 1. The van der Waals surface area contributed by atoms with Crippen LogP contribution in [0.25, 0.3) is 0 Å². The molecule has 0 atom stereocenters. The van der Waals surface area contributed by atoms with Crippen molar-refractivity contribution in [2.24, 2.45) is 5.84 Å². The van der Waals surface area contributed by atoms with Gasteiger partial charge in [-0.05, 0) is 18.1 Å². The van der Waals surface area contributed by atoms with E-state index in [1.165, 1.54) is 10.8 Å². The Hall–Kier alpha value is -2.67. The van der Waals surface area contributed by atoms with Crippen molar-refractivity contribution in [3.05, 3.63) is 68.0 Å². The summed E-state index contributed by atoms with van der Waals surface area (Å²) in [6, 6.07) is 7.25. The molecule has 1 aromatic carbocycles. The van der Waals surface area contributed by atoms with E-state index in [2.05, 4.69) is 10.4 Å². The van der Waals surface area contributed by atoms with Crippen LogP contribution in [-0.4, -0.2) is 15.5 Å². The summed E-state index contributed by atoms with van der Waals surface area (Å²) in [5.41, 5.74) is 3.44. The van der Waals surface area contributed by atoms with E-state index < -0.39 is 5.69 Å². The zero-order valence-electron chi connectivity index (χ0n) is 11.6. The number of hydrogen-bond acceptors (Lipinski definition) is 4. The van der Waals surface area contributed by atoms with Crippen LogP contribution in [0, 0.1) is 6.92 Å². The Kier molecular flexibility index (Phi) is 4.34. The van der Waals surface area contributed by atoms with Gasteiger partial charge in [-0.2, -0.15) is 0 Å². The molecule has 0 aliphatic rings. The van der Waals surface area contributed by atoms with Crippen molar-refractivity contribution in [2.45, 2.75) is 19.9 Å². The molecule has 1 aromatic heterocycles. The fraction of sp³-hybridized carbons (Fsp3) is 0.214. The highest BCUT2D eigenvalue weighted by Gasteiger charge is 2.04. The van der Waals surface area contributed by atoms with Gasteiger partial charge in [-0.25, -0.2) is 10.6 Å². The summed E-state index contributed by atoms with van der Waals surface area (Å²) in [4.78, 5) is 36.4. The van der Waals surface area contributed by atoms with Gasteiger partial charge in [0.1, 0.15) is 0 Å². The Balaban J connectivity index is 2.17. The summed E-state index contributed by atoms with van der Waals surface area (Å²) in [6.07, 6.45) is 1.73. The number of hydrazine groups is 1. The van der Waals surface area contributed by atoms with Crippen molar-refractivity contribution >= 4 is 5.91 Å². The lowest BCUT2D eigenvalue weighted by atomic mass is 10.1. The first-order chi connectivity index (χ1) is 9.99. The third-order valence-corrected chi connectivity index (χ3v) is 3.09. The molecule has 0 fully saturated rings. The van der Waals surface area contributed by atoms with Crippen LogP contribution >= 0.6 is 0 Å². The van der Waals surface area contributed by atoms with Crippen molar-refractivity contribution in [1.29, 1.82) is 0 Å². The van der Waals surface area contributed by atoms with Crippen LogP contribution in [0.1, 0.15) is 16.7 Å². The number of carbonyl (C=O) groups excluding carboxylic acids is 1. The summed E-state index contributed by atoms with van der Waals surface area (Å²) >= 11 is 0. The predicted octanol–water partition coefficient (Wildman–Crippen LogP) is -0.574. The van der Waals surface area contributed by atoms with Crippen LogP contribution in [0.5, 0.6) is 0 Å². The van der Waals surface area contributed by atoms with E-state index in [9.17, 15) is 14.4 Å². The lowest BCUT2D eigenvalue weighted by Gasteiger charge is -2.07. The maximum Gasteiger partial charge on any atom is 0.328 e. The number of H-pyrrole nitrogens is 1. The first-order valence-corrected chi connectivity index (χ1v) is 6.37. The van der Waals surface area contributed by atoms with E-state index >= 15 is 0 Å². The molecule has 0 saturated heterocycles. The second-order valence-corrected chi connectivity index (χ2v) is 4.76. The lowest BCUT2D eigenvalue weighted by molar-refractivity contribution is -0.120. The molecule has 7 nitrogen and oxygen atoms in total. The highest BCUT2D eigenvalue weighted by molar-refractivity contribution is 5.77. The van der Waals surface area contributed by atoms with Gasteiger partial charge >= 0.3 is 5.69 Å². The Morgan fingerprint density at radius 3 is 2.48 bits per heavy atom.